The van der Waals surface area contributed by atoms with Crippen LogP contribution in [0.1, 0.15) is 42.0 Å². The Morgan fingerprint density at radius 2 is 2.19 bits per heavy atom. The van der Waals surface area contributed by atoms with Gasteiger partial charge in [-0.15, -0.1) is 0 Å². The van der Waals surface area contributed by atoms with E-state index in [9.17, 15) is 9.59 Å². The van der Waals surface area contributed by atoms with Gasteiger partial charge in [-0.3, -0.25) is 9.59 Å². The standard InChI is InChI=1S/C16H22N2O3/c1-11-5-6-13(21-11)15(20)18-9-8-16(10-18)7-3-4-12(16)14(19)17-2/h5-6,12H,3-4,7-10H2,1-2H3,(H,17,19). The van der Waals surface area contributed by atoms with E-state index in [0.717, 1.165) is 31.4 Å². The predicted octanol–water partition coefficient (Wildman–Crippen LogP) is 1.97. The number of aryl methyl sites for hydroxylation is 1. The number of amides is 2. The van der Waals surface area contributed by atoms with Crippen LogP contribution in [0.25, 0.3) is 0 Å². The van der Waals surface area contributed by atoms with E-state index in [2.05, 4.69) is 5.32 Å². The highest BCUT2D eigenvalue weighted by molar-refractivity contribution is 5.92. The van der Waals surface area contributed by atoms with Crippen molar-refractivity contribution in [2.24, 2.45) is 11.3 Å². The maximum Gasteiger partial charge on any atom is 0.289 e. The van der Waals surface area contributed by atoms with Gasteiger partial charge in [0.2, 0.25) is 5.91 Å². The molecule has 2 aliphatic rings. The van der Waals surface area contributed by atoms with Gasteiger partial charge in [0.1, 0.15) is 5.76 Å². The second kappa shape index (κ2) is 5.20. The average Bonchev–Trinajstić information content (AvgIpc) is 3.19. The molecule has 2 heterocycles. The Kier molecular flexibility index (Phi) is 3.51. The quantitative estimate of drug-likeness (QED) is 0.905. The van der Waals surface area contributed by atoms with Gasteiger partial charge in [0.25, 0.3) is 5.91 Å². The first-order valence-electron chi connectivity index (χ1n) is 7.63. The van der Waals surface area contributed by atoms with Crippen LogP contribution < -0.4 is 5.32 Å². The molecule has 5 nitrogen and oxygen atoms in total. The second-order valence-electron chi connectivity index (χ2n) is 6.31. The first-order chi connectivity index (χ1) is 10.1. The van der Waals surface area contributed by atoms with Crippen LogP contribution in [0.4, 0.5) is 0 Å². The summed E-state index contributed by atoms with van der Waals surface area (Å²) < 4.78 is 5.43. The number of rotatable bonds is 2. The highest BCUT2D eigenvalue weighted by Crippen LogP contribution is 2.50. The predicted molar refractivity (Wildman–Crippen MR) is 77.8 cm³/mol. The van der Waals surface area contributed by atoms with E-state index in [0.29, 0.717) is 18.8 Å². The van der Waals surface area contributed by atoms with Gasteiger partial charge in [0, 0.05) is 31.5 Å². The lowest BCUT2D eigenvalue weighted by Crippen LogP contribution is -2.40. The van der Waals surface area contributed by atoms with Crippen LogP contribution in [0.2, 0.25) is 0 Å². The molecule has 114 valence electrons. The molecule has 0 aromatic carbocycles. The first kappa shape index (κ1) is 14.2. The van der Waals surface area contributed by atoms with Crippen molar-refractivity contribution in [1.82, 2.24) is 10.2 Å². The van der Waals surface area contributed by atoms with Gasteiger partial charge in [-0.1, -0.05) is 6.42 Å². The molecule has 1 saturated carbocycles. The molecule has 0 radical (unpaired) electrons. The van der Waals surface area contributed by atoms with Crippen LogP contribution >= 0.6 is 0 Å². The van der Waals surface area contributed by atoms with Crippen molar-refractivity contribution in [1.29, 1.82) is 0 Å². The Balaban J connectivity index is 1.75. The number of hydrogen-bond acceptors (Lipinski definition) is 3. The maximum atomic E-state index is 12.5. The average molecular weight is 290 g/mol. The van der Waals surface area contributed by atoms with Gasteiger partial charge in [-0.2, -0.15) is 0 Å². The fourth-order valence-electron chi connectivity index (χ4n) is 3.99. The molecular formula is C16H22N2O3. The van der Waals surface area contributed by atoms with Crippen LogP contribution in [0.15, 0.2) is 16.5 Å². The highest BCUT2D eigenvalue weighted by Gasteiger charge is 2.51. The Hall–Kier alpha value is -1.78. The largest absolute Gasteiger partial charge is 0.456 e. The zero-order valence-corrected chi connectivity index (χ0v) is 12.6. The fourth-order valence-corrected chi connectivity index (χ4v) is 3.99. The van der Waals surface area contributed by atoms with Gasteiger partial charge in [0.05, 0.1) is 0 Å². The third-order valence-electron chi connectivity index (χ3n) is 5.09. The number of likely N-dealkylation sites (tertiary alicyclic amines) is 1. The lowest BCUT2D eigenvalue weighted by Gasteiger charge is -2.30. The topological polar surface area (TPSA) is 62.6 Å². The van der Waals surface area contributed by atoms with Crippen LogP contribution in [-0.4, -0.2) is 36.9 Å². The molecule has 21 heavy (non-hydrogen) atoms. The zero-order valence-electron chi connectivity index (χ0n) is 12.6. The Bertz CT molecular complexity index is 566. The van der Waals surface area contributed by atoms with E-state index in [1.807, 2.05) is 17.9 Å². The first-order valence-corrected chi connectivity index (χ1v) is 7.63. The van der Waals surface area contributed by atoms with Crippen molar-refractivity contribution >= 4 is 11.8 Å². The van der Waals surface area contributed by atoms with Crippen molar-refractivity contribution in [3.05, 3.63) is 23.7 Å². The molecule has 1 N–H and O–H groups in total. The number of carbonyl (C=O) groups is 2. The molecule has 2 unspecified atom stereocenters. The highest BCUT2D eigenvalue weighted by atomic mass is 16.3. The Morgan fingerprint density at radius 1 is 1.38 bits per heavy atom. The lowest BCUT2D eigenvalue weighted by molar-refractivity contribution is -0.127. The molecule has 1 saturated heterocycles. The number of nitrogens with one attached hydrogen (secondary N) is 1. The third-order valence-corrected chi connectivity index (χ3v) is 5.09. The molecule has 2 fully saturated rings. The number of nitrogens with zero attached hydrogens (tertiary/aromatic N) is 1. The van der Waals surface area contributed by atoms with Gasteiger partial charge in [-0.25, -0.2) is 0 Å². The zero-order chi connectivity index (χ0) is 15.0. The number of hydrogen-bond donors (Lipinski definition) is 1. The number of carbonyl (C=O) groups excluding carboxylic acids is 2. The van der Waals surface area contributed by atoms with Crippen molar-refractivity contribution < 1.29 is 14.0 Å². The van der Waals surface area contributed by atoms with Crippen molar-refractivity contribution in [2.45, 2.75) is 32.6 Å². The van der Waals surface area contributed by atoms with Gasteiger partial charge >= 0.3 is 0 Å². The number of furan rings is 1. The van der Waals surface area contributed by atoms with E-state index in [-0.39, 0.29) is 23.1 Å². The molecule has 1 aliphatic carbocycles. The van der Waals surface area contributed by atoms with E-state index >= 15 is 0 Å². The monoisotopic (exact) mass is 290 g/mol. The minimum atomic E-state index is -0.0532. The summed E-state index contributed by atoms with van der Waals surface area (Å²) in [4.78, 5) is 26.4. The Morgan fingerprint density at radius 3 is 2.86 bits per heavy atom. The SMILES string of the molecule is CNC(=O)C1CCCC12CCN(C(=O)c1ccc(C)o1)C2. The summed E-state index contributed by atoms with van der Waals surface area (Å²) >= 11 is 0. The summed E-state index contributed by atoms with van der Waals surface area (Å²) in [5.41, 5.74) is -0.0304. The summed E-state index contributed by atoms with van der Waals surface area (Å²) in [6, 6.07) is 3.54. The maximum absolute atomic E-state index is 12.5. The molecule has 5 heteroatoms. The van der Waals surface area contributed by atoms with Crippen molar-refractivity contribution in [2.75, 3.05) is 20.1 Å². The van der Waals surface area contributed by atoms with Crippen LogP contribution in [0, 0.1) is 18.3 Å². The minimum absolute atomic E-state index is 0.0304. The molecule has 0 bridgehead atoms. The van der Waals surface area contributed by atoms with E-state index < -0.39 is 0 Å². The van der Waals surface area contributed by atoms with Crippen LogP contribution in [-0.2, 0) is 4.79 Å². The smallest absolute Gasteiger partial charge is 0.289 e. The normalized spacial score (nSPS) is 28.3. The fraction of sp³-hybridized carbons (Fsp3) is 0.625. The molecule has 1 aliphatic heterocycles. The molecule has 3 rings (SSSR count). The van der Waals surface area contributed by atoms with Crippen molar-refractivity contribution in [3.8, 4) is 0 Å². The molecule has 1 aromatic rings. The Labute approximate surface area is 124 Å². The summed E-state index contributed by atoms with van der Waals surface area (Å²) in [5.74, 6) is 1.26. The summed E-state index contributed by atoms with van der Waals surface area (Å²) in [6.45, 7) is 3.22. The van der Waals surface area contributed by atoms with Gasteiger partial charge in [-0.05, 0) is 38.3 Å². The third kappa shape index (κ3) is 2.34. The van der Waals surface area contributed by atoms with Crippen molar-refractivity contribution in [3.63, 3.8) is 0 Å². The summed E-state index contributed by atoms with van der Waals surface area (Å²) in [6.07, 6.45) is 3.95. The van der Waals surface area contributed by atoms with E-state index in [4.69, 9.17) is 4.42 Å². The second-order valence-corrected chi connectivity index (χ2v) is 6.31. The molecule has 1 aromatic heterocycles. The summed E-state index contributed by atoms with van der Waals surface area (Å²) in [7, 11) is 1.69. The van der Waals surface area contributed by atoms with E-state index in [1.165, 1.54) is 0 Å². The van der Waals surface area contributed by atoms with Gasteiger partial charge < -0.3 is 14.6 Å². The van der Waals surface area contributed by atoms with Gasteiger partial charge in [0.15, 0.2) is 5.76 Å². The molecule has 2 amide bonds. The lowest BCUT2D eigenvalue weighted by atomic mass is 9.76. The van der Waals surface area contributed by atoms with E-state index in [1.54, 1.807) is 13.1 Å². The van der Waals surface area contributed by atoms with Crippen LogP contribution in [0.5, 0.6) is 0 Å². The molecule has 1 spiro atoms. The molecular weight excluding hydrogens is 268 g/mol. The summed E-state index contributed by atoms with van der Waals surface area (Å²) in [5, 5.41) is 2.78. The minimum Gasteiger partial charge on any atom is -0.456 e. The van der Waals surface area contributed by atoms with Crippen LogP contribution in [0.3, 0.4) is 0 Å². The molecule has 2 atom stereocenters.